The average molecular weight is 249 g/mol. The highest BCUT2D eigenvalue weighted by molar-refractivity contribution is 5.34. The summed E-state index contributed by atoms with van der Waals surface area (Å²) < 4.78 is 2.11. The molecule has 0 amide bonds. The van der Waals surface area contributed by atoms with E-state index in [1.807, 2.05) is 6.20 Å². The molecule has 5 nitrogen and oxygen atoms in total. The predicted molar refractivity (Wildman–Crippen MR) is 72.6 cm³/mol. The minimum Gasteiger partial charge on any atom is -0.370 e. The standard InChI is InChI=1S/C13H23N5/c14-11-2-1-10(7-11)3-5-16-13-4-6-17-18(13)12-8-15-9-12/h4,6,10-12,15-16H,1-3,5,7-9,14H2. The third-order valence-corrected chi connectivity index (χ3v) is 4.22. The number of aromatic nitrogens is 2. The summed E-state index contributed by atoms with van der Waals surface area (Å²) in [5.41, 5.74) is 5.94. The van der Waals surface area contributed by atoms with Crippen molar-refractivity contribution < 1.29 is 0 Å². The summed E-state index contributed by atoms with van der Waals surface area (Å²) in [7, 11) is 0. The van der Waals surface area contributed by atoms with Gasteiger partial charge in [-0.1, -0.05) is 0 Å². The van der Waals surface area contributed by atoms with E-state index in [2.05, 4.69) is 26.5 Å². The van der Waals surface area contributed by atoms with Gasteiger partial charge in [0.1, 0.15) is 5.82 Å². The lowest BCUT2D eigenvalue weighted by Crippen LogP contribution is -2.44. The van der Waals surface area contributed by atoms with E-state index in [0.29, 0.717) is 12.1 Å². The topological polar surface area (TPSA) is 67.9 Å². The molecule has 1 aliphatic carbocycles. The summed E-state index contributed by atoms with van der Waals surface area (Å²) >= 11 is 0. The van der Waals surface area contributed by atoms with Crippen molar-refractivity contribution in [3.8, 4) is 0 Å². The van der Waals surface area contributed by atoms with Gasteiger partial charge in [-0.15, -0.1) is 0 Å². The molecule has 2 unspecified atom stereocenters. The lowest BCUT2D eigenvalue weighted by atomic mass is 10.0. The molecule has 3 rings (SSSR count). The minimum atomic E-state index is 0.446. The Hall–Kier alpha value is -1.07. The molecule has 4 N–H and O–H groups in total. The number of nitrogens with zero attached hydrogens (tertiary/aromatic N) is 2. The van der Waals surface area contributed by atoms with E-state index in [-0.39, 0.29) is 0 Å². The van der Waals surface area contributed by atoms with Gasteiger partial charge in [-0.05, 0) is 31.6 Å². The van der Waals surface area contributed by atoms with Crippen molar-refractivity contribution in [2.24, 2.45) is 11.7 Å². The molecule has 0 aromatic carbocycles. The first-order valence-corrected chi connectivity index (χ1v) is 7.06. The maximum Gasteiger partial charge on any atom is 0.124 e. The number of nitrogens with two attached hydrogens (primary N) is 1. The van der Waals surface area contributed by atoms with Gasteiger partial charge in [0.2, 0.25) is 0 Å². The summed E-state index contributed by atoms with van der Waals surface area (Å²) in [4.78, 5) is 0. The fourth-order valence-electron chi connectivity index (χ4n) is 2.97. The second kappa shape index (κ2) is 5.28. The Morgan fingerprint density at radius 1 is 1.44 bits per heavy atom. The van der Waals surface area contributed by atoms with Crippen molar-refractivity contribution in [3.63, 3.8) is 0 Å². The average Bonchev–Trinajstić information content (AvgIpc) is 2.87. The molecular formula is C13H23N5. The fraction of sp³-hybridized carbons (Fsp3) is 0.769. The maximum atomic E-state index is 5.94. The number of nitrogens with one attached hydrogen (secondary N) is 2. The van der Waals surface area contributed by atoms with Gasteiger partial charge < -0.3 is 16.4 Å². The molecule has 5 heteroatoms. The number of anilines is 1. The van der Waals surface area contributed by atoms with Gasteiger partial charge in [-0.3, -0.25) is 0 Å². The van der Waals surface area contributed by atoms with Crippen LogP contribution in [0.15, 0.2) is 12.3 Å². The van der Waals surface area contributed by atoms with Crippen LogP contribution in [0.5, 0.6) is 0 Å². The van der Waals surface area contributed by atoms with E-state index in [9.17, 15) is 0 Å². The highest BCUT2D eigenvalue weighted by Crippen LogP contribution is 2.27. The molecule has 1 saturated carbocycles. The molecule has 1 aliphatic heterocycles. The molecule has 1 aromatic heterocycles. The first-order chi connectivity index (χ1) is 8.83. The van der Waals surface area contributed by atoms with Crippen LogP contribution in [0.1, 0.15) is 31.7 Å². The number of hydrogen-bond donors (Lipinski definition) is 3. The summed E-state index contributed by atoms with van der Waals surface area (Å²) in [5, 5.41) is 11.2. The van der Waals surface area contributed by atoms with Crippen LogP contribution in [0, 0.1) is 5.92 Å². The first-order valence-electron chi connectivity index (χ1n) is 7.06. The van der Waals surface area contributed by atoms with E-state index in [4.69, 9.17) is 5.73 Å². The van der Waals surface area contributed by atoms with Crippen molar-refractivity contribution in [3.05, 3.63) is 12.3 Å². The van der Waals surface area contributed by atoms with E-state index in [1.54, 1.807) is 0 Å². The van der Waals surface area contributed by atoms with Gasteiger partial charge in [0, 0.05) is 31.7 Å². The normalized spacial score (nSPS) is 28.3. The number of rotatable bonds is 5. The fourth-order valence-corrected chi connectivity index (χ4v) is 2.97. The van der Waals surface area contributed by atoms with Gasteiger partial charge in [0.15, 0.2) is 0 Å². The Morgan fingerprint density at radius 3 is 3.00 bits per heavy atom. The first kappa shape index (κ1) is 12.0. The van der Waals surface area contributed by atoms with Crippen molar-refractivity contribution in [1.82, 2.24) is 15.1 Å². The Kier molecular flexibility index (Phi) is 3.52. The zero-order valence-corrected chi connectivity index (χ0v) is 10.8. The largest absolute Gasteiger partial charge is 0.370 e. The quantitative estimate of drug-likeness (QED) is 0.727. The van der Waals surface area contributed by atoms with Crippen molar-refractivity contribution in [1.29, 1.82) is 0 Å². The third-order valence-electron chi connectivity index (χ3n) is 4.22. The summed E-state index contributed by atoms with van der Waals surface area (Å²) in [5.74, 6) is 1.97. The Bertz CT molecular complexity index is 384. The zero-order chi connectivity index (χ0) is 12.4. The van der Waals surface area contributed by atoms with Crippen molar-refractivity contribution >= 4 is 5.82 Å². The SMILES string of the molecule is NC1CCC(CCNc2ccnn2C2CNC2)C1. The van der Waals surface area contributed by atoms with Crippen LogP contribution in [0.25, 0.3) is 0 Å². The predicted octanol–water partition coefficient (Wildman–Crippen LogP) is 0.957. The molecule has 18 heavy (non-hydrogen) atoms. The molecule has 1 aromatic rings. The smallest absolute Gasteiger partial charge is 0.124 e. The third kappa shape index (κ3) is 2.52. The Balaban J connectivity index is 1.46. The molecule has 100 valence electrons. The van der Waals surface area contributed by atoms with Crippen LogP contribution in [0.3, 0.4) is 0 Å². The Morgan fingerprint density at radius 2 is 2.33 bits per heavy atom. The molecule has 0 spiro atoms. The highest BCUT2D eigenvalue weighted by atomic mass is 15.4. The second-order valence-electron chi connectivity index (χ2n) is 5.63. The maximum absolute atomic E-state index is 5.94. The van der Waals surface area contributed by atoms with E-state index >= 15 is 0 Å². The van der Waals surface area contributed by atoms with Gasteiger partial charge in [0.05, 0.1) is 12.2 Å². The van der Waals surface area contributed by atoms with E-state index in [0.717, 1.165) is 31.4 Å². The Labute approximate surface area is 108 Å². The minimum absolute atomic E-state index is 0.446. The highest BCUT2D eigenvalue weighted by Gasteiger charge is 2.23. The number of hydrogen-bond acceptors (Lipinski definition) is 4. The summed E-state index contributed by atoms with van der Waals surface area (Å²) in [6.45, 7) is 3.10. The molecule has 1 saturated heterocycles. The lowest BCUT2D eigenvalue weighted by molar-refractivity contribution is 0.321. The zero-order valence-electron chi connectivity index (χ0n) is 10.8. The van der Waals surface area contributed by atoms with Crippen molar-refractivity contribution in [2.45, 2.75) is 37.8 Å². The van der Waals surface area contributed by atoms with Gasteiger partial charge >= 0.3 is 0 Å². The summed E-state index contributed by atoms with van der Waals surface area (Å²) in [6.07, 6.45) is 6.81. The van der Waals surface area contributed by atoms with Gasteiger partial charge in [-0.2, -0.15) is 5.10 Å². The van der Waals surface area contributed by atoms with Crippen LogP contribution in [0.4, 0.5) is 5.82 Å². The van der Waals surface area contributed by atoms with Crippen LogP contribution in [-0.4, -0.2) is 35.5 Å². The van der Waals surface area contributed by atoms with Gasteiger partial charge in [-0.25, -0.2) is 4.68 Å². The molecular weight excluding hydrogens is 226 g/mol. The molecule has 2 fully saturated rings. The second-order valence-corrected chi connectivity index (χ2v) is 5.63. The lowest BCUT2D eigenvalue weighted by Gasteiger charge is -2.29. The molecule has 2 aliphatic rings. The monoisotopic (exact) mass is 249 g/mol. The van der Waals surface area contributed by atoms with Crippen LogP contribution in [-0.2, 0) is 0 Å². The van der Waals surface area contributed by atoms with Crippen molar-refractivity contribution in [2.75, 3.05) is 25.0 Å². The van der Waals surface area contributed by atoms with Gasteiger partial charge in [0.25, 0.3) is 0 Å². The molecule has 0 bridgehead atoms. The van der Waals surface area contributed by atoms with E-state index < -0.39 is 0 Å². The van der Waals surface area contributed by atoms with Crippen LogP contribution < -0.4 is 16.4 Å². The van der Waals surface area contributed by atoms with Crippen LogP contribution >= 0.6 is 0 Å². The summed E-state index contributed by atoms with van der Waals surface area (Å²) in [6, 6.07) is 3.04. The molecule has 2 heterocycles. The van der Waals surface area contributed by atoms with E-state index in [1.165, 1.54) is 25.7 Å². The van der Waals surface area contributed by atoms with Crippen LogP contribution in [0.2, 0.25) is 0 Å². The molecule has 0 radical (unpaired) electrons. The molecule has 2 atom stereocenters.